The fourth-order valence-electron chi connectivity index (χ4n) is 1.83. The van der Waals surface area contributed by atoms with Gasteiger partial charge in [0.1, 0.15) is 16.7 Å². The molecular weight excluding hydrogens is 270 g/mol. The van der Waals surface area contributed by atoms with Crippen LogP contribution in [0, 0.1) is 11.3 Å². The smallest absolute Gasteiger partial charge is 0.218 e. The summed E-state index contributed by atoms with van der Waals surface area (Å²) in [6.07, 6.45) is 2.33. The second-order valence-electron chi connectivity index (χ2n) is 3.87. The van der Waals surface area contributed by atoms with Crippen LogP contribution in [0.25, 0.3) is 0 Å². The molecule has 2 rings (SSSR count). The molecule has 0 spiro atoms. The van der Waals surface area contributed by atoms with Gasteiger partial charge in [0.05, 0.1) is 5.69 Å². The number of hydrogen-bond acceptors (Lipinski definition) is 4. The number of carbonyl (C=O) groups excluding carboxylic acids is 1. The van der Waals surface area contributed by atoms with Crippen molar-refractivity contribution in [2.24, 2.45) is 0 Å². The van der Waals surface area contributed by atoms with E-state index in [9.17, 15) is 10.1 Å². The van der Waals surface area contributed by atoms with E-state index in [0.29, 0.717) is 22.7 Å². The lowest BCUT2D eigenvalue weighted by Crippen LogP contribution is -2.16. The molecular formula is C15H13N3OS. The number of anilines is 2. The summed E-state index contributed by atoms with van der Waals surface area (Å²) in [5, 5.41) is 10.0. The summed E-state index contributed by atoms with van der Waals surface area (Å²) in [7, 11) is 0. The number of hydrogen-bond donors (Lipinski definition) is 0. The van der Waals surface area contributed by atoms with Crippen LogP contribution in [0.1, 0.15) is 12.5 Å². The van der Waals surface area contributed by atoms with Crippen LogP contribution in [0.5, 0.6) is 0 Å². The molecule has 0 aliphatic heterocycles. The molecule has 0 N–H and O–H groups in total. The number of nitrogens with zero attached hydrogens (tertiary/aromatic N) is 3. The van der Waals surface area contributed by atoms with E-state index in [2.05, 4.69) is 11.1 Å². The van der Waals surface area contributed by atoms with Gasteiger partial charge in [-0.1, -0.05) is 25.1 Å². The van der Waals surface area contributed by atoms with Crippen LogP contribution >= 0.6 is 11.8 Å². The highest BCUT2D eigenvalue weighted by molar-refractivity contribution is 7.99. The Kier molecular flexibility index (Phi) is 4.75. The number of carbonyl (C=O) groups is 1. The second-order valence-corrected chi connectivity index (χ2v) is 5.12. The standard InChI is InChI=1S/C15H13N3OS/c1-2-20-15-13(10-16)14(8-9-17-15)18(11-19)12-6-4-3-5-7-12/h3-9,11H,2H2,1H3. The Morgan fingerprint density at radius 2 is 2.10 bits per heavy atom. The van der Waals surface area contributed by atoms with E-state index in [1.165, 1.54) is 16.7 Å². The van der Waals surface area contributed by atoms with Gasteiger partial charge in [-0.25, -0.2) is 4.98 Å². The zero-order chi connectivity index (χ0) is 14.4. The molecule has 5 heteroatoms. The van der Waals surface area contributed by atoms with E-state index >= 15 is 0 Å². The lowest BCUT2D eigenvalue weighted by atomic mass is 10.2. The van der Waals surface area contributed by atoms with Crippen molar-refractivity contribution in [3.63, 3.8) is 0 Å². The minimum atomic E-state index is 0.426. The van der Waals surface area contributed by atoms with Crippen molar-refractivity contribution >= 4 is 29.5 Å². The number of aromatic nitrogens is 1. The van der Waals surface area contributed by atoms with E-state index in [4.69, 9.17) is 0 Å². The molecule has 0 saturated carbocycles. The SMILES string of the molecule is CCSc1nccc(N(C=O)c2ccccc2)c1C#N. The maximum absolute atomic E-state index is 11.4. The molecule has 0 unspecified atom stereocenters. The molecule has 1 aromatic carbocycles. The van der Waals surface area contributed by atoms with Gasteiger partial charge in [0, 0.05) is 11.9 Å². The Labute approximate surface area is 122 Å². The fraction of sp³-hybridized carbons (Fsp3) is 0.133. The highest BCUT2D eigenvalue weighted by Gasteiger charge is 2.16. The second kappa shape index (κ2) is 6.73. The van der Waals surface area contributed by atoms with Crippen LogP contribution in [0.2, 0.25) is 0 Å². The number of benzene rings is 1. The predicted octanol–water partition coefficient (Wildman–Crippen LogP) is 3.36. The van der Waals surface area contributed by atoms with Gasteiger partial charge in [-0.2, -0.15) is 5.26 Å². The molecule has 0 atom stereocenters. The van der Waals surface area contributed by atoms with Crippen molar-refractivity contribution in [3.05, 3.63) is 48.2 Å². The Morgan fingerprint density at radius 1 is 1.35 bits per heavy atom. The fourth-order valence-corrected chi connectivity index (χ4v) is 2.53. The normalized spacial score (nSPS) is 9.80. The summed E-state index contributed by atoms with van der Waals surface area (Å²) in [4.78, 5) is 17.1. The number of para-hydroxylation sites is 1. The average molecular weight is 283 g/mol. The van der Waals surface area contributed by atoms with Gasteiger partial charge in [-0.3, -0.25) is 9.69 Å². The zero-order valence-corrected chi connectivity index (χ0v) is 11.8. The Balaban J connectivity index is 2.53. The maximum atomic E-state index is 11.4. The molecule has 20 heavy (non-hydrogen) atoms. The van der Waals surface area contributed by atoms with E-state index in [-0.39, 0.29) is 0 Å². The van der Waals surface area contributed by atoms with Crippen LogP contribution in [0.3, 0.4) is 0 Å². The van der Waals surface area contributed by atoms with E-state index in [1.807, 2.05) is 37.3 Å². The number of rotatable bonds is 5. The van der Waals surface area contributed by atoms with Gasteiger partial charge in [0.25, 0.3) is 0 Å². The van der Waals surface area contributed by atoms with Gasteiger partial charge in [0.2, 0.25) is 6.41 Å². The first-order valence-corrected chi connectivity index (χ1v) is 7.11. The quantitative estimate of drug-likeness (QED) is 0.623. The third-order valence-corrected chi connectivity index (χ3v) is 3.56. The van der Waals surface area contributed by atoms with Crippen LogP contribution in [0.15, 0.2) is 47.6 Å². The highest BCUT2D eigenvalue weighted by Crippen LogP contribution is 2.31. The molecule has 1 heterocycles. The van der Waals surface area contributed by atoms with Crippen molar-refractivity contribution in [3.8, 4) is 6.07 Å². The Bertz CT molecular complexity index is 637. The molecule has 100 valence electrons. The summed E-state index contributed by atoms with van der Waals surface area (Å²) in [5.41, 5.74) is 1.70. The van der Waals surface area contributed by atoms with Gasteiger partial charge in [0.15, 0.2) is 0 Å². The zero-order valence-electron chi connectivity index (χ0n) is 11.0. The number of thioether (sulfide) groups is 1. The summed E-state index contributed by atoms with van der Waals surface area (Å²) >= 11 is 1.49. The van der Waals surface area contributed by atoms with E-state index in [0.717, 1.165) is 11.4 Å². The first-order valence-electron chi connectivity index (χ1n) is 6.13. The van der Waals surface area contributed by atoms with Crippen LogP contribution < -0.4 is 4.90 Å². The van der Waals surface area contributed by atoms with Crippen molar-refractivity contribution in [1.82, 2.24) is 4.98 Å². The topological polar surface area (TPSA) is 57.0 Å². The molecule has 4 nitrogen and oxygen atoms in total. The number of amides is 1. The predicted molar refractivity (Wildman–Crippen MR) is 80.0 cm³/mol. The molecule has 0 aliphatic rings. The minimum absolute atomic E-state index is 0.426. The van der Waals surface area contributed by atoms with Crippen molar-refractivity contribution in [2.75, 3.05) is 10.7 Å². The Morgan fingerprint density at radius 3 is 2.70 bits per heavy atom. The third-order valence-electron chi connectivity index (χ3n) is 2.69. The van der Waals surface area contributed by atoms with Crippen LogP contribution in [-0.2, 0) is 4.79 Å². The lowest BCUT2D eigenvalue weighted by molar-refractivity contribution is -0.106. The molecule has 0 aliphatic carbocycles. The molecule has 0 fully saturated rings. The third kappa shape index (κ3) is 2.81. The Hall–Kier alpha value is -2.32. The lowest BCUT2D eigenvalue weighted by Gasteiger charge is -2.19. The summed E-state index contributed by atoms with van der Waals surface area (Å²) in [6, 6.07) is 13.0. The van der Waals surface area contributed by atoms with Crippen LogP contribution in [-0.4, -0.2) is 17.1 Å². The minimum Gasteiger partial charge on any atom is -0.282 e. The molecule has 1 aromatic heterocycles. The summed E-state index contributed by atoms with van der Waals surface area (Å²) in [5.74, 6) is 0.817. The van der Waals surface area contributed by atoms with Crippen molar-refractivity contribution in [2.45, 2.75) is 11.9 Å². The monoisotopic (exact) mass is 283 g/mol. The van der Waals surface area contributed by atoms with Crippen LogP contribution in [0.4, 0.5) is 11.4 Å². The molecule has 0 radical (unpaired) electrons. The first kappa shape index (κ1) is 14.1. The average Bonchev–Trinajstić information content (AvgIpc) is 2.50. The van der Waals surface area contributed by atoms with E-state index in [1.54, 1.807) is 12.3 Å². The summed E-state index contributed by atoms with van der Waals surface area (Å²) in [6.45, 7) is 1.99. The first-order chi connectivity index (χ1) is 9.81. The molecule has 1 amide bonds. The van der Waals surface area contributed by atoms with Gasteiger partial charge in [-0.15, -0.1) is 11.8 Å². The van der Waals surface area contributed by atoms with Gasteiger partial charge in [-0.05, 0) is 24.0 Å². The largest absolute Gasteiger partial charge is 0.282 e. The van der Waals surface area contributed by atoms with Gasteiger partial charge >= 0.3 is 0 Å². The van der Waals surface area contributed by atoms with E-state index < -0.39 is 0 Å². The molecule has 2 aromatic rings. The number of pyridine rings is 1. The molecule has 0 bridgehead atoms. The maximum Gasteiger partial charge on any atom is 0.218 e. The number of nitriles is 1. The van der Waals surface area contributed by atoms with Gasteiger partial charge < -0.3 is 0 Å². The van der Waals surface area contributed by atoms with Crippen molar-refractivity contribution < 1.29 is 4.79 Å². The summed E-state index contributed by atoms with van der Waals surface area (Å²) < 4.78 is 0. The highest BCUT2D eigenvalue weighted by atomic mass is 32.2. The molecule has 0 saturated heterocycles. The van der Waals surface area contributed by atoms with Crippen molar-refractivity contribution in [1.29, 1.82) is 5.26 Å².